The maximum atomic E-state index is 11.8. The lowest BCUT2D eigenvalue weighted by atomic mass is 9.79. The summed E-state index contributed by atoms with van der Waals surface area (Å²) in [6.07, 6.45) is 3.63. The first-order valence-electron chi connectivity index (χ1n) is 7.34. The van der Waals surface area contributed by atoms with E-state index >= 15 is 0 Å². The zero-order valence-electron chi connectivity index (χ0n) is 12.3. The highest BCUT2D eigenvalue weighted by molar-refractivity contribution is 6.30. The molecule has 2 rings (SSSR count). The van der Waals surface area contributed by atoms with Crippen LogP contribution >= 0.6 is 11.6 Å². The molecule has 0 aliphatic heterocycles. The predicted octanol–water partition coefficient (Wildman–Crippen LogP) is 2.78. The van der Waals surface area contributed by atoms with E-state index in [9.17, 15) is 9.90 Å². The fraction of sp³-hybridized carbons (Fsp3) is 0.562. The number of hydrogen-bond donors (Lipinski definition) is 2. The van der Waals surface area contributed by atoms with Gasteiger partial charge in [0.2, 0.25) is 0 Å². The number of hydrogen-bond acceptors (Lipinski definition) is 3. The molecule has 2 N–H and O–H groups in total. The van der Waals surface area contributed by atoms with Crippen LogP contribution in [0.15, 0.2) is 24.3 Å². The van der Waals surface area contributed by atoms with Crippen molar-refractivity contribution in [2.75, 3.05) is 13.2 Å². The van der Waals surface area contributed by atoms with Crippen molar-refractivity contribution in [3.63, 3.8) is 0 Å². The molecular weight excluding hydrogens is 290 g/mol. The second-order valence-electron chi connectivity index (χ2n) is 5.95. The van der Waals surface area contributed by atoms with Crippen molar-refractivity contribution in [2.45, 2.75) is 38.2 Å². The zero-order chi connectivity index (χ0) is 15.3. The normalized spacial score (nSPS) is 25.4. The Morgan fingerprint density at radius 2 is 2.38 bits per heavy atom. The molecule has 1 aliphatic carbocycles. The first-order valence-corrected chi connectivity index (χ1v) is 7.72. The number of benzene rings is 1. The van der Waals surface area contributed by atoms with Gasteiger partial charge in [-0.3, -0.25) is 4.79 Å². The Labute approximate surface area is 130 Å². The summed E-state index contributed by atoms with van der Waals surface area (Å²) in [6, 6.07) is 6.91. The van der Waals surface area contributed by atoms with Crippen LogP contribution < -0.4 is 10.1 Å². The molecule has 0 heterocycles. The molecule has 1 fully saturated rings. The van der Waals surface area contributed by atoms with E-state index in [0.717, 1.165) is 25.7 Å². The Morgan fingerprint density at radius 1 is 1.57 bits per heavy atom. The quantitative estimate of drug-likeness (QED) is 0.879. The van der Waals surface area contributed by atoms with Crippen LogP contribution in [0.2, 0.25) is 5.02 Å². The van der Waals surface area contributed by atoms with Crippen molar-refractivity contribution < 1.29 is 14.6 Å². The van der Waals surface area contributed by atoms with E-state index in [1.165, 1.54) is 0 Å². The maximum Gasteiger partial charge on any atom is 0.258 e. The first-order chi connectivity index (χ1) is 9.97. The lowest BCUT2D eigenvalue weighted by Gasteiger charge is -2.35. The number of carbonyl (C=O) groups is 1. The van der Waals surface area contributed by atoms with E-state index in [1.807, 2.05) is 0 Å². The molecule has 1 amide bonds. The van der Waals surface area contributed by atoms with E-state index in [-0.39, 0.29) is 19.1 Å². The van der Waals surface area contributed by atoms with Crippen LogP contribution in [0.4, 0.5) is 0 Å². The minimum absolute atomic E-state index is 0.0774. The number of amides is 1. The Balaban J connectivity index is 1.74. The summed E-state index contributed by atoms with van der Waals surface area (Å²) in [7, 11) is 0. The van der Waals surface area contributed by atoms with Crippen molar-refractivity contribution >= 4 is 17.5 Å². The summed E-state index contributed by atoms with van der Waals surface area (Å²) in [6.45, 7) is 2.34. The summed E-state index contributed by atoms with van der Waals surface area (Å²) in [4.78, 5) is 11.8. The number of rotatable bonds is 5. The average Bonchev–Trinajstić information content (AvgIpc) is 2.43. The van der Waals surface area contributed by atoms with Gasteiger partial charge in [0.15, 0.2) is 6.61 Å². The maximum absolute atomic E-state index is 11.8. The molecule has 0 radical (unpaired) electrons. The van der Waals surface area contributed by atoms with Crippen molar-refractivity contribution in [3.05, 3.63) is 29.3 Å². The zero-order valence-corrected chi connectivity index (χ0v) is 13.0. The number of nitrogens with one attached hydrogen (secondary N) is 1. The van der Waals surface area contributed by atoms with E-state index < -0.39 is 5.60 Å². The van der Waals surface area contributed by atoms with Crippen LogP contribution in [-0.4, -0.2) is 29.8 Å². The van der Waals surface area contributed by atoms with Gasteiger partial charge in [-0.1, -0.05) is 37.4 Å². The van der Waals surface area contributed by atoms with Crippen molar-refractivity contribution in [1.29, 1.82) is 0 Å². The van der Waals surface area contributed by atoms with Crippen LogP contribution in [-0.2, 0) is 4.79 Å². The third-order valence-electron chi connectivity index (χ3n) is 3.85. The third kappa shape index (κ3) is 5.21. The Morgan fingerprint density at radius 3 is 3.10 bits per heavy atom. The Kier molecular flexibility index (Phi) is 5.48. The summed E-state index contributed by atoms with van der Waals surface area (Å²) < 4.78 is 5.36. The van der Waals surface area contributed by atoms with Gasteiger partial charge in [0.05, 0.1) is 5.60 Å². The molecule has 0 spiro atoms. The van der Waals surface area contributed by atoms with Crippen molar-refractivity contribution in [1.82, 2.24) is 5.32 Å². The molecule has 21 heavy (non-hydrogen) atoms. The standard InChI is InChI=1S/C16H22ClNO3/c1-12-4-3-7-16(20,9-12)11-18-15(19)10-21-14-6-2-5-13(17)8-14/h2,5-6,8,12,20H,3-4,7,9-11H2,1H3,(H,18,19). The average molecular weight is 312 g/mol. The van der Waals surface area contributed by atoms with Crippen molar-refractivity contribution in [2.24, 2.45) is 5.92 Å². The monoisotopic (exact) mass is 311 g/mol. The molecule has 1 saturated carbocycles. The van der Waals surface area contributed by atoms with Gasteiger partial charge in [-0.25, -0.2) is 0 Å². The smallest absolute Gasteiger partial charge is 0.258 e. The van der Waals surface area contributed by atoms with E-state index in [1.54, 1.807) is 24.3 Å². The van der Waals surface area contributed by atoms with Gasteiger partial charge in [0.1, 0.15) is 5.75 Å². The molecule has 1 aliphatic rings. The topological polar surface area (TPSA) is 58.6 Å². The fourth-order valence-corrected chi connectivity index (χ4v) is 2.99. The molecular formula is C16H22ClNO3. The lowest BCUT2D eigenvalue weighted by Crippen LogP contribution is -2.46. The molecule has 2 atom stereocenters. The SMILES string of the molecule is CC1CCCC(O)(CNC(=O)COc2cccc(Cl)c2)C1. The predicted molar refractivity (Wildman–Crippen MR) is 82.5 cm³/mol. The second kappa shape index (κ2) is 7.14. The molecule has 5 heteroatoms. The summed E-state index contributed by atoms with van der Waals surface area (Å²) >= 11 is 5.84. The summed E-state index contributed by atoms with van der Waals surface area (Å²) in [5.74, 6) is 0.827. The molecule has 0 bridgehead atoms. The Hall–Kier alpha value is -1.26. The highest BCUT2D eigenvalue weighted by Gasteiger charge is 2.32. The van der Waals surface area contributed by atoms with Crippen LogP contribution in [0, 0.1) is 5.92 Å². The van der Waals surface area contributed by atoms with Crippen LogP contribution in [0.25, 0.3) is 0 Å². The third-order valence-corrected chi connectivity index (χ3v) is 4.08. The summed E-state index contributed by atoms with van der Waals surface area (Å²) in [5.41, 5.74) is -0.774. The second-order valence-corrected chi connectivity index (χ2v) is 6.39. The first kappa shape index (κ1) is 16.1. The van der Waals surface area contributed by atoms with E-state index in [2.05, 4.69) is 12.2 Å². The lowest BCUT2D eigenvalue weighted by molar-refractivity contribution is -0.125. The molecule has 2 unspecified atom stereocenters. The summed E-state index contributed by atoms with van der Waals surface area (Å²) in [5, 5.41) is 13.8. The van der Waals surface area contributed by atoms with Crippen molar-refractivity contribution in [3.8, 4) is 5.75 Å². The molecule has 0 saturated heterocycles. The highest BCUT2D eigenvalue weighted by atomic mass is 35.5. The van der Waals surface area contributed by atoms with Crippen LogP contribution in [0.3, 0.4) is 0 Å². The number of aliphatic hydroxyl groups is 1. The minimum Gasteiger partial charge on any atom is -0.484 e. The van der Waals surface area contributed by atoms with Gasteiger partial charge in [0, 0.05) is 11.6 Å². The largest absolute Gasteiger partial charge is 0.484 e. The van der Waals surface area contributed by atoms with Gasteiger partial charge < -0.3 is 15.2 Å². The number of carbonyl (C=O) groups excluding carboxylic acids is 1. The molecule has 4 nitrogen and oxygen atoms in total. The van der Waals surface area contributed by atoms with Gasteiger partial charge in [-0.15, -0.1) is 0 Å². The van der Waals surface area contributed by atoms with Crippen LogP contribution in [0.1, 0.15) is 32.6 Å². The van der Waals surface area contributed by atoms with Crippen LogP contribution in [0.5, 0.6) is 5.75 Å². The van der Waals surface area contributed by atoms with E-state index in [4.69, 9.17) is 16.3 Å². The number of halogens is 1. The van der Waals surface area contributed by atoms with Gasteiger partial charge >= 0.3 is 0 Å². The fourth-order valence-electron chi connectivity index (χ4n) is 2.81. The Bertz CT molecular complexity index is 494. The minimum atomic E-state index is -0.774. The van der Waals surface area contributed by atoms with E-state index in [0.29, 0.717) is 16.7 Å². The highest BCUT2D eigenvalue weighted by Crippen LogP contribution is 2.31. The number of ether oxygens (including phenoxy) is 1. The van der Waals surface area contributed by atoms with Gasteiger partial charge in [-0.05, 0) is 37.0 Å². The van der Waals surface area contributed by atoms with Gasteiger partial charge in [-0.2, -0.15) is 0 Å². The molecule has 1 aromatic rings. The van der Waals surface area contributed by atoms with Gasteiger partial charge in [0.25, 0.3) is 5.91 Å². The molecule has 116 valence electrons. The molecule has 0 aromatic heterocycles. The molecule has 1 aromatic carbocycles.